The summed E-state index contributed by atoms with van der Waals surface area (Å²) in [5.74, 6) is 0.613. The van der Waals surface area contributed by atoms with Gasteiger partial charge in [-0.25, -0.2) is 0 Å². The highest BCUT2D eigenvalue weighted by Gasteiger charge is 2.00. The van der Waals surface area contributed by atoms with Gasteiger partial charge in [-0.05, 0) is 19.1 Å². The predicted molar refractivity (Wildman–Crippen MR) is 53.8 cm³/mol. The molecule has 0 spiro atoms. The number of hydrogen-bond acceptors (Lipinski definition) is 3. The molecule has 0 unspecified atom stereocenters. The van der Waals surface area contributed by atoms with Crippen LogP contribution in [0, 0.1) is 0 Å². The van der Waals surface area contributed by atoms with Crippen LogP contribution in [0.1, 0.15) is 17.3 Å². The van der Waals surface area contributed by atoms with E-state index in [1.54, 1.807) is 18.2 Å². The molecule has 0 bridgehead atoms. The third-order valence-electron chi connectivity index (χ3n) is 1.74. The van der Waals surface area contributed by atoms with Gasteiger partial charge in [0.05, 0.1) is 12.2 Å². The lowest BCUT2D eigenvalue weighted by molar-refractivity contribution is 0.106. The first-order chi connectivity index (χ1) is 6.88. The van der Waals surface area contributed by atoms with Crippen LogP contribution in [-0.2, 0) is 4.74 Å². The van der Waals surface area contributed by atoms with E-state index in [0.29, 0.717) is 31.1 Å². The van der Waals surface area contributed by atoms with Crippen molar-refractivity contribution < 1.29 is 14.3 Å². The van der Waals surface area contributed by atoms with Crippen LogP contribution in [0.25, 0.3) is 0 Å². The van der Waals surface area contributed by atoms with Crippen molar-refractivity contribution in [2.75, 3.05) is 19.8 Å². The summed E-state index contributed by atoms with van der Waals surface area (Å²) in [5.41, 5.74) is 0.573. The molecular formula is C11H14O3. The predicted octanol–water partition coefficient (Wildman–Crippen LogP) is 1.91. The van der Waals surface area contributed by atoms with E-state index in [4.69, 9.17) is 9.47 Å². The van der Waals surface area contributed by atoms with Crippen LogP contribution in [0.15, 0.2) is 24.3 Å². The molecule has 0 atom stereocenters. The molecule has 76 valence electrons. The molecule has 0 heterocycles. The second-order valence-corrected chi connectivity index (χ2v) is 2.70. The van der Waals surface area contributed by atoms with Gasteiger partial charge in [0.1, 0.15) is 12.4 Å². The molecule has 0 aliphatic carbocycles. The summed E-state index contributed by atoms with van der Waals surface area (Å²) in [5, 5.41) is 0. The number of ether oxygens (including phenoxy) is 2. The molecule has 0 fully saturated rings. The quantitative estimate of drug-likeness (QED) is 0.512. The molecule has 0 aliphatic heterocycles. The number of benzene rings is 1. The molecule has 0 N–H and O–H groups in total. The fourth-order valence-corrected chi connectivity index (χ4v) is 1.06. The van der Waals surface area contributed by atoms with Crippen molar-refractivity contribution in [1.82, 2.24) is 0 Å². The Hall–Kier alpha value is -1.35. The standard InChI is InChI=1S/C11H14O3/c1-2-13-7-8-14-11-6-4-3-5-10(11)9-12/h3-6,9H,2,7-8H2,1H3. The third-order valence-corrected chi connectivity index (χ3v) is 1.74. The molecular weight excluding hydrogens is 180 g/mol. The maximum absolute atomic E-state index is 10.6. The van der Waals surface area contributed by atoms with Gasteiger partial charge in [-0.1, -0.05) is 12.1 Å². The summed E-state index contributed by atoms with van der Waals surface area (Å²) in [6, 6.07) is 7.14. The van der Waals surface area contributed by atoms with E-state index in [1.165, 1.54) is 0 Å². The van der Waals surface area contributed by atoms with Gasteiger partial charge in [0.2, 0.25) is 0 Å². The van der Waals surface area contributed by atoms with E-state index < -0.39 is 0 Å². The Morgan fingerprint density at radius 3 is 2.79 bits per heavy atom. The SMILES string of the molecule is CCOCCOc1ccccc1C=O. The van der Waals surface area contributed by atoms with Crippen molar-refractivity contribution >= 4 is 6.29 Å². The molecule has 14 heavy (non-hydrogen) atoms. The van der Waals surface area contributed by atoms with Crippen molar-refractivity contribution in [3.63, 3.8) is 0 Å². The molecule has 1 rings (SSSR count). The maximum atomic E-state index is 10.6. The number of para-hydroxylation sites is 1. The van der Waals surface area contributed by atoms with Gasteiger partial charge in [-0.3, -0.25) is 4.79 Å². The number of carbonyl (C=O) groups excluding carboxylic acids is 1. The van der Waals surface area contributed by atoms with Gasteiger partial charge in [-0.15, -0.1) is 0 Å². The monoisotopic (exact) mass is 194 g/mol. The summed E-state index contributed by atoms with van der Waals surface area (Å²) in [4.78, 5) is 10.6. The summed E-state index contributed by atoms with van der Waals surface area (Å²) in [6.07, 6.45) is 0.788. The molecule has 0 aliphatic rings. The van der Waals surface area contributed by atoms with E-state index in [-0.39, 0.29) is 0 Å². The summed E-state index contributed by atoms with van der Waals surface area (Å²) >= 11 is 0. The molecule has 3 nitrogen and oxygen atoms in total. The van der Waals surface area contributed by atoms with Gasteiger partial charge in [0, 0.05) is 6.61 Å². The fraction of sp³-hybridized carbons (Fsp3) is 0.364. The van der Waals surface area contributed by atoms with Crippen LogP contribution in [0.3, 0.4) is 0 Å². The van der Waals surface area contributed by atoms with Crippen LogP contribution >= 0.6 is 0 Å². The van der Waals surface area contributed by atoms with E-state index in [1.807, 2.05) is 13.0 Å². The van der Waals surface area contributed by atoms with Gasteiger partial charge in [0.15, 0.2) is 6.29 Å². The van der Waals surface area contributed by atoms with Crippen LogP contribution in [0.2, 0.25) is 0 Å². The summed E-state index contributed by atoms with van der Waals surface area (Å²) in [7, 11) is 0. The zero-order valence-corrected chi connectivity index (χ0v) is 8.23. The van der Waals surface area contributed by atoms with E-state index in [0.717, 1.165) is 6.29 Å². The van der Waals surface area contributed by atoms with Gasteiger partial charge >= 0.3 is 0 Å². The zero-order valence-electron chi connectivity index (χ0n) is 8.23. The Morgan fingerprint density at radius 2 is 2.07 bits per heavy atom. The van der Waals surface area contributed by atoms with Crippen LogP contribution in [-0.4, -0.2) is 26.1 Å². The molecule has 3 heteroatoms. The van der Waals surface area contributed by atoms with Crippen LogP contribution in [0.5, 0.6) is 5.75 Å². The molecule has 0 amide bonds. The lowest BCUT2D eigenvalue weighted by atomic mass is 10.2. The highest BCUT2D eigenvalue weighted by atomic mass is 16.5. The first kappa shape index (κ1) is 10.7. The minimum atomic E-state index is 0.471. The van der Waals surface area contributed by atoms with Crippen molar-refractivity contribution in [2.45, 2.75) is 6.92 Å². The van der Waals surface area contributed by atoms with E-state index >= 15 is 0 Å². The number of carbonyl (C=O) groups is 1. The van der Waals surface area contributed by atoms with Crippen molar-refractivity contribution in [3.05, 3.63) is 29.8 Å². The highest BCUT2D eigenvalue weighted by molar-refractivity contribution is 5.79. The largest absolute Gasteiger partial charge is 0.490 e. The normalized spacial score (nSPS) is 9.79. The molecule has 0 saturated carbocycles. The lowest BCUT2D eigenvalue weighted by Gasteiger charge is -2.07. The number of rotatable bonds is 6. The zero-order chi connectivity index (χ0) is 10.2. The number of hydrogen-bond donors (Lipinski definition) is 0. The second kappa shape index (κ2) is 6.16. The summed E-state index contributed by atoms with van der Waals surface area (Å²) in [6.45, 7) is 3.63. The Bertz CT molecular complexity index is 284. The van der Waals surface area contributed by atoms with Crippen molar-refractivity contribution in [1.29, 1.82) is 0 Å². The first-order valence-corrected chi connectivity index (χ1v) is 4.63. The molecule has 0 radical (unpaired) electrons. The average Bonchev–Trinajstić information content (AvgIpc) is 2.25. The molecule has 0 aromatic heterocycles. The van der Waals surface area contributed by atoms with E-state index in [2.05, 4.69) is 0 Å². The van der Waals surface area contributed by atoms with Crippen LogP contribution < -0.4 is 4.74 Å². The molecule has 1 aromatic carbocycles. The Kier molecular flexibility index (Phi) is 4.72. The van der Waals surface area contributed by atoms with Gasteiger partial charge in [0.25, 0.3) is 0 Å². The number of aldehydes is 1. The fourth-order valence-electron chi connectivity index (χ4n) is 1.06. The van der Waals surface area contributed by atoms with Crippen molar-refractivity contribution in [2.24, 2.45) is 0 Å². The smallest absolute Gasteiger partial charge is 0.153 e. The maximum Gasteiger partial charge on any atom is 0.153 e. The average molecular weight is 194 g/mol. The minimum Gasteiger partial charge on any atom is -0.490 e. The Morgan fingerprint density at radius 1 is 1.29 bits per heavy atom. The first-order valence-electron chi connectivity index (χ1n) is 4.63. The van der Waals surface area contributed by atoms with E-state index in [9.17, 15) is 4.79 Å². The van der Waals surface area contributed by atoms with Gasteiger partial charge in [-0.2, -0.15) is 0 Å². The topological polar surface area (TPSA) is 35.5 Å². The Labute approximate surface area is 83.6 Å². The lowest BCUT2D eigenvalue weighted by Crippen LogP contribution is -2.07. The molecule has 0 saturated heterocycles. The highest BCUT2D eigenvalue weighted by Crippen LogP contribution is 2.15. The summed E-state index contributed by atoms with van der Waals surface area (Å²) < 4.78 is 10.5. The third kappa shape index (κ3) is 3.18. The minimum absolute atomic E-state index is 0.471. The van der Waals surface area contributed by atoms with Crippen molar-refractivity contribution in [3.8, 4) is 5.75 Å². The van der Waals surface area contributed by atoms with Crippen LogP contribution in [0.4, 0.5) is 0 Å². The Balaban J connectivity index is 2.45. The second-order valence-electron chi connectivity index (χ2n) is 2.70. The van der Waals surface area contributed by atoms with Gasteiger partial charge < -0.3 is 9.47 Å². The molecule has 1 aromatic rings.